The number of nitrogens with zero attached hydrogens (tertiary/aromatic N) is 3. The standard InChI is InChI=1S/C18H28N4O2/c1-21(2)16(24)20-14-11-17(12-14)7-9-22(10-8-17)15(23)18(13-19)5-3-4-6-18/h14H,3-12H2,1-2H3,(H,20,24). The lowest BCUT2D eigenvalue weighted by molar-refractivity contribution is -0.142. The minimum atomic E-state index is -0.744. The summed E-state index contributed by atoms with van der Waals surface area (Å²) in [4.78, 5) is 28.0. The van der Waals surface area contributed by atoms with Gasteiger partial charge in [0, 0.05) is 33.2 Å². The average molecular weight is 332 g/mol. The Hall–Kier alpha value is -1.77. The minimum absolute atomic E-state index is 0.0281. The second kappa shape index (κ2) is 6.27. The van der Waals surface area contributed by atoms with E-state index in [2.05, 4.69) is 11.4 Å². The number of likely N-dealkylation sites (tertiary alicyclic amines) is 1. The molecule has 0 unspecified atom stereocenters. The fourth-order valence-electron chi connectivity index (χ4n) is 4.64. The molecule has 1 saturated heterocycles. The second-order valence-corrected chi connectivity index (χ2v) is 8.14. The molecule has 2 aliphatic carbocycles. The van der Waals surface area contributed by atoms with E-state index in [-0.39, 0.29) is 23.4 Å². The third kappa shape index (κ3) is 2.97. The summed E-state index contributed by atoms with van der Waals surface area (Å²) in [5.41, 5.74) is -0.455. The van der Waals surface area contributed by atoms with E-state index >= 15 is 0 Å². The van der Waals surface area contributed by atoms with Crippen LogP contribution in [0, 0.1) is 22.2 Å². The maximum absolute atomic E-state index is 12.8. The van der Waals surface area contributed by atoms with Crippen LogP contribution in [0.4, 0.5) is 4.79 Å². The highest BCUT2D eigenvalue weighted by Crippen LogP contribution is 2.50. The summed E-state index contributed by atoms with van der Waals surface area (Å²) in [6.07, 6.45) is 7.44. The van der Waals surface area contributed by atoms with Gasteiger partial charge in [-0.3, -0.25) is 4.79 Å². The molecule has 0 aromatic heterocycles. The van der Waals surface area contributed by atoms with Crippen LogP contribution in [0.5, 0.6) is 0 Å². The molecule has 3 aliphatic rings. The molecule has 0 atom stereocenters. The van der Waals surface area contributed by atoms with Crippen LogP contribution in [-0.4, -0.2) is 55.0 Å². The van der Waals surface area contributed by atoms with Crippen molar-refractivity contribution in [3.8, 4) is 6.07 Å². The first-order valence-electron chi connectivity index (χ1n) is 9.08. The fraction of sp³-hybridized carbons (Fsp3) is 0.833. The summed E-state index contributed by atoms with van der Waals surface area (Å²) >= 11 is 0. The molecule has 2 saturated carbocycles. The first kappa shape index (κ1) is 17.1. The third-order valence-corrected chi connectivity index (χ3v) is 6.28. The van der Waals surface area contributed by atoms with Gasteiger partial charge in [-0.1, -0.05) is 12.8 Å². The van der Waals surface area contributed by atoms with E-state index in [1.165, 1.54) is 0 Å². The summed E-state index contributed by atoms with van der Waals surface area (Å²) < 4.78 is 0. The lowest BCUT2D eigenvalue weighted by Gasteiger charge is -2.52. The predicted octanol–water partition coefficient (Wildman–Crippen LogP) is 2.11. The summed E-state index contributed by atoms with van der Waals surface area (Å²) in [5, 5.41) is 12.5. The van der Waals surface area contributed by atoms with Crippen LogP contribution in [0.1, 0.15) is 51.4 Å². The van der Waals surface area contributed by atoms with Crippen LogP contribution in [-0.2, 0) is 4.79 Å². The molecule has 0 radical (unpaired) electrons. The molecule has 6 heteroatoms. The number of nitrogens with one attached hydrogen (secondary N) is 1. The molecular formula is C18H28N4O2. The van der Waals surface area contributed by atoms with E-state index in [4.69, 9.17) is 0 Å². The minimum Gasteiger partial charge on any atom is -0.341 e. The Balaban J connectivity index is 1.50. The van der Waals surface area contributed by atoms with Crippen molar-refractivity contribution in [3.05, 3.63) is 0 Å². The summed E-state index contributed by atoms with van der Waals surface area (Å²) in [7, 11) is 3.50. The maximum atomic E-state index is 12.8. The van der Waals surface area contributed by atoms with Gasteiger partial charge in [-0.25, -0.2) is 4.79 Å². The van der Waals surface area contributed by atoms with Crippen molar-refractivity contribution in [2.75, 3.05) is 27.2 Å². The van der Waals surface area contributed by atoms with Crippen LogP contribution in [0.3, 0.4) is 0 Å². The number of urea groups is 1. The first-order valence-corrected chi connectivity index (χ1v) is 9.08. The van der Waals surface area contributed by atoms with Gasteiger partial charge in [-0.2, -0.15) is 5.26 Å². The molecule has 132 valence electrons. The van der Waals surface area contributed by atoms with Crippen molar-refractivity contribution in [2.24, 2.45) is 10.8 Å². The molecule has 0 aromatic carbocycles. The van der Waals surface area contributed by atoms with Crippen LogP contribution in [0.25, 0.3) is 0 Å². The quantitative estimate of drug-likeness (QED) is 0.841. The molecule has 6 nitrogen and oxygen atoms in total. The third-order valence-electron chi connectivity index (χ3n) is 6.28. The summed E-state index contributed by atoms with van der Waals surface area (Å²) in [6.45, 7) is 1.52. The van der Waals surface area contributed by atoms with Gasteiger partial charge in [-0.15, -0.1) is 0 Å². The van der Waals surface area contributed by atoms with Gasteiger partial charge in [0.05, 0.1) is 6.07 Å². The Morgan fingerprint density at radius 2 is 1.71 bits per heavy atom. The van der Waals surface area contributed by atoms with Gasteiger partial charge >= 0.3 is 6.03 Å². The van der Waals surface area contributed by atoms with Crippen molar-refractivity contribution in [1.29, 1.82) is 5.26 Å². The summed E-state index contributed by atoms with van der Waals surface area (Å²) in [5.74, 6) is 0.0640. The van der Waals surface area contributed by atoms with Crippen LogP contribution in [0.15, 0.2) is 0 Å². The smallest absolute Gasteiger partial charge is 0.317 e. The van der Waals surface area contributed by atoms with Crippen molar-refractivity contribution in [1.82, 2.24) is 15.1 Å². The lowest BCUT2D eigenvalue weighted by Crippen LogP contribution is -2.57. The predicted molar refractivity (Wildman–Crippen MR) is 90.0 cm³/mol. The lowest BCUT2D eigenvalue weighted by atomic mass is 9.60. The van der Waals surface area contributed by atoms with Gasteiger partial charge in [-0.05, 0) is 43.9 Å². The molecule has 0 aromatic rings. The SMILES string of the molecule is CN(C)C(=O)NC1CC2(CCN(C(=O)C3(C#N)CCCC3)CC2)C1. The van der Waals surface area contributed by atoms with E-state index in [0.29, 0.717) is 0 Å². The molecule has 1 spiro atoms. The van der Waals surface area contributed by atoms with Gasteiger partial charge in [0.25, 0.3) is 0 Å². The fourth-order valence-corrected chi connectivity index (χ4v) is 4.64. The highest BCUT2D eigenvalue weighted by molar-refractivity contribution is 5.86. The zero-order valence-corrected chi connectivity index (χ0v) is 14.8. The van der Waals surface area contributed by atoms with E-state index < -0.39 is 5.41 Å². The molecular weight excluding hydrogens is 304 g/mol. The van der Waals surface area contributed by atoms with Crippen LogP contribution in [0.2, 0.25) is 0 Å². The number of nitriles is 1. The Labute approximate surface area is 144 Å². The number of carbonyl (C=O) groups excluding carboxylic acids is 2. The number of piperidine rings is 1. The Morgan fingerprint density at radius 3 is 2.21 bits per heavy atom. The van der Waals surface area contributed by atoms with E-state index in [1.54, 1.807) is 19.0 Å². The Morgan fingerprint density at radius 1 is 1.12 bits per heavy atom. The first-order chi connectivity index (χ1) is 11.4. The zero-order valence-electron chi connectivity index (χ0n) is 14.8. The number of rotatable bonds is 2. The maximum Gasteiger partial charge on any atom is 0.317 e. The monoisotopic (exact) mass is 332 g/mol. The number of amides is 3. The number of hydrogen-bond donors (Lipinski definition) is 1. The topological polar surface area (TPSA) is 76.4 Å². The molecule has 3 amide bonds. The van der Waals surface area contributed by atoms with Gasteiger partial charge in [0.1, 0.15) is 5.41 Å². The van der Waals surface area contributed by atoms with Crippen molar-refractivity contribution < 1.29 is 9.59 Å². The molecule has 3 rings (SSSR count). The highest BCUT2D eigenvalue weighted by Gasteiger charge is 2.50. The summed E-state index contributed by atoms with van der Waals surface area (Å²) in [6, 6.07) is 2.56. The number of carbonyl (C=O) groups is 2. The van der Waals surface area contributed by atoms with Crippen molar-refractivity contribution in [3.63, 3.8) is 0 Å². The van der Waals surface area contributed by atoms with E-state index in [1.807, 2.05) is 4.90 Å². The zero-order chi connectivity index (χ0) is 17.4. The van der Waals surface area contributed by atoms with Gasteiger partial charge in [0.15, 0.2) is 0 Å². The average Bonchev–Trinajstić information content (AvgIpc) is 3.03. The second-order valence-electron chi connectivity index (χ2n) is 8.14. The Bertz CT molecular complexity index is 544. The molecule has 24 heavy (non-hydrogen) atoms. The molecule has 1 N–H and O–H groups in total. The van der Waals surface area contributed by atoms with E-state index in [0.717, 1.165) is 64.5 Å². The van der Waals surface area contributed by atoms with Crippen molar-refractivity contribution in [2.45, 2.75) is 57.4 Å². The highest BCUT2D eigenvalue weighted by atomic mass is 16.2. The molecule has 1 heterocycles. The largest absolute Gasteiger partial charge is 0.341 e. The molecule has 0 bridgehead atoms. The van der Waals surface area contributed by atoms with Gasteiger partial charge in [0.2, 0.25) is 5.91 Å². The van der Waals surface area contributed by atoms with Crippen LogP contribution < -0.4 is 5.32 Å². The number of hydrogen-bond acceptors (Lipinski definition) is 3. The Kier molecular flexibility index (Phi) is 4.46. The van der Waals surface area contributed by atoms with Crippen molar-refractivity contribution >= 4 is 11.9 Å². The van der Waals surface area contributed by atoms with Crippen LogP contribution >= 0.6 is 0 Å². The van der Waals surface area contributed by atoms with Gasteiger partial charge < -0.3 is 15.1 Å². The van der Waals surface area contributed by atoms with E-state index in [9.17, 15) is 14.9 Å². The normalized spacial score (nSPS) is 25.0. The molecule has 3 fully saturated rings. The molecule has 1 aliphatic heterocycles.